The average Bonchev–Trinajstić information content (AvgIpc) is 2.74. The first-order chi connectivity index (χ1) is 15.0. The lowest BCUT2D eigenvalue weighted by molar-refractivity contribution is -0.137. The van der Waals surface area contributed by atoms with E-state index in [1.807, 2.05) is 0 Å². The molecular formula is C21H15ClF3IN2O3S. The van der Waals surface area contributed by atoms with Crippen molar-refractivity contribution in [3.63, 3.8) is 0 Å². The molecule has 0 radical (unpaired) electrons. The van der Waals surface area contributed by atoms with Crippen molar-refractivity contribution in [1.82, 2.24) is 0 Å². The molecule has 0 saturated heterocycles. The van der Waals surface area contributed by atoms with Gasteiger partial charge in [0, 0.05) is 9.26 Å². The second-order valence-electron chi connectivity index (χ2n) is 6.54. The molecule has 0 spiro atoms. The van der Waals surface area contributed by atoms with Gasteiger partial charge in [0.25, 0.3) is 10.0 Å². The van der Waals surface area contributed by atoms with E-state index >= 15 is 0 Å². The van der Waals surface area contributed by atoms with Gasteiger partial charge in [-0.1, -0.05) is 29.8 Å². The number of benzene rings is 3. The molecule has 0 aromatic heterocycles. The second kappa shape index (κ2) is 9.67. The fraction of sp³-hybridized carbons (Fsp3) is 0.0952. The van der Waals surface area contributed by atoms with Crippen LogP contribution in [0.25, 0.3) is 0 Å². The minimum Gasteiger partial charge on any atom is -0.325 e. The summed E-state index contributed by atoms with van der Waals surface area (Å²) >= 11 is 8.17. The van der Waals surface area contributed by atoms with Crippen molar-refractivity contribution in [3.8, 4) is 0 Å². The van der Waals surface area contributed by atoms with Gasteiger partial charge in [0.15, 0.2) is 0 Å². The highest BCUT2D eigenvalue weighted by Gasteiger charge is 2.34. The SMILES string of the molecule is O=C(CN(c1cc(C(F)(F)F)ccc1Cl)S(=O)(=O)c1ccccc1)Nc1ccc(I)cc1. The van der Waals surface area contributed by atoms with Crippen molar-refractivity contribution in [2.45, 2.75) is 11.1 Å². The highest BCUT2D eigenvalue weighted by atomic mass is 127. The number of anilines is 2. The maximum absolute atomic E-state index is 13.3. The zero-order chi connectivity index (χ0) is 23.5. The van der Waals surface area contributed by atoms with Gasteiger partial charge in [-0.3, -0.25) is 9.10 Å². The van der Waals surface area contributed by atoms with E-state index in [0.29, 0.717) is 16.1 Å². The van der Waals surface area contributed by atoms with Gasteiger partial charge in [0.1, 0.15) is 6.54 Å². The van der Waals surface area contributed by atoms with Gasteiger partial charge in [-0.05, 0) is 77.2 Å². The molecule has 0 bridgehead atoms. The van der Waals surface area contributed by atoms with Crippen LogP contribution in [-0.2, 0) is 21.0 Å². The Hall–Kier alpha value is -2.31. The first-order valence-electron chi connectivity index (χ1n) is 8.98. The molecule has 3 aromatic carbocycles. The molecule has 1 amide bonds. The fourth-order valence-electron chi connectivity index (χ4n) is 2.76. The molecule has 1 N–H and O–H groups in total. The lowest BCUT2D eigenvalue weighted by Crippen LogP contribution is -2.38. The summed E-state index contributed by atoms with van der Waals surface area (Å²) in [5.41, 5.74) is -1.14. The number of halogens is 5. The Morgan fingerprint density at radius 3 is 2.22 bits per heavy atom. The molecule has 0 atom stereocenters. The number of nitrogens with zero attached hydrogens (tertiary/aromatic N) is 1. The van der Waals surface area contributed by atoms with E-state index in [0.717, 1.165) is 15.7 Å². The summed E-state index contributed by atoms with van der Waals surface area (Å²) in [6.07, 6.45) is -4.73. The maximum atomic E-state index is 13.3. The van der Waals surface area contributed by atoms with Gasteiger partial charge in [0.2, 0.25) is 5.91 Å². The molecule has 168 valence electrons. The van der Waals surface area contributed by atoms with Gasteiger partial charge in [0.05, 0.1) is 21.2 Å². The van der Waals surface area contributed by atoms with Crippen LogP contribution < -0.4 is 9.62 Å². The predicted octanol–water partition coefficient (Wildman–Crippen LogP) is 5.80. The number of sulfonamides is 1. The van der Waals surface area contributed by atoms with E-state index in [1.54, 1.807) is 30.3 Å². The van der Waals surface area contributed by atoms with Crippen LogP contribution >= 0.6 is 34.2 Å². The van der Waals surface area contributed by atoms with E-state index in [4.69, 9.17) is 11.6 Å². The third kappa shape index (κ3) is 5.73. The third-order valence-corrected chi connectivity index (χ3v) is 7.10. The normalized spacial score (nSPS) is 11.8. The molecule has 0 aliphatic heterocycles. The van der Waals surface area contributed by atoms with Gasteiger partial charge in [-0.25, -0.2) is 8.42 Å². The van der Waals surface area contributed by atoms with Crippen LogP contribution in [-0.4, -0.2) is 20.9 Å². The molecule has 0 saturated carbocycles. The first kappa shape index (κ1) is 24.3. The Labute approximate surface area is 201 Å². The fourth-order valence-corrected chi connectivity index (χ4v) is 4.85. The predicted molar refractivity (Wildman–Crippen MR) is 125 cm³/mol. The Kier molecular flexibility index (Phi) is 7.36. The van der Waals surface area contributed by atoms with Gasteiger partial charge < -0.3 is 5.32 Å². The van der Waals surface area contributed by atoms with Crippen LogP contribution in [0.5, 0.6) is 0 Å². The molecule has 3 aromatic rings. The number of rotatable bonds is 6. The van der Waals surface area contributed by atoms with Crippen molar-refractivity contribution < 1.29 is 26.4 Å². The lowest BCUT2D eigenvalue weighted by Gasteiger charge is -2.25. The standard InChI is InChI=1S/C21H15ClF3IN2O3S/c22-18-11-6-14(21(23,24)25)12-19(18)28(32(30,31)17-4-2-1-3-5-17)13-20(29)27-16-9-7-15(26)8-10-16/h1-12H,13H2,(H,27,29). The van der Waals surface area contributed by atoms with Gasteiger partial charge in [-0.15, -0.1) is 0 Å². The van der Waals surface area contributed by atoms with Crippen molar-refractivity contribution in [2.75, 3.05) is 16.2 Å². The van der Waals surface area contributed by atoms with E-state index in [2.05, 4.69) is 27.9 Å². The highest BCUT2D eigenvalue weighted by Crippen LogP contribution is 2.37. The second-order valence-corrected chi connectivity index (χ2v) is 10.1. The Bertz CT molecular complexity index is 1220. The van der Waals surface area contributed by atoms with Crippen molar-refractivity contribution in [3.05, 3.63) is 87.0 Å². The monoisotopic (exact) mass is 594 g/mol. The molecule has 5 nitrogen and oxygen atoms in total. The minimum absolute atomic E-state index is 0.199. The van der Waals surface area contributed by atoms with Crippen molar-refractivity contribution in [1.29, 1.82) is 0 Å². The molecule has 11 heteroatoms. The quantitative estimate of drug-likeness (QED) is 0.367. The molecule has 0 aliphatic carbocycles. The first-order valence-corrected chi connectivity index (χ1v) is 11.9. The number of nitrogens with one attached hydrogen (secondary N) is 1. The van der Waals surface area contributed by atoms with Crippen LogP contribution in [0, 0.1) is 3.57 Å². The summed E-state index contributed by atoms with van der Waals surface area (Å²) in [7, 11) is -4.41. The maximum Gasteiger partial charge on any atom is 0.416 e. The zero-order valence-corrected chi connectivity index (χ0v) is 19.8. The Morgan fingerprint density at radius 1 is 1.00 bits per heavy atom. The number of carbonyl (C=O) groups is 1. The summed E-state index contributed by atoms with van der Waals surface area (Å²) < 4.78 is 67.9. The van der Waals surface area contributed by atoms with E-state index in [-0.39, 0.29) is 9.92 Å². The smallest absolute Gasteiger partial charge is 0.325 e. The van der Waals surface area contributed by atoms with Crippen LogP contribution in [0.3, 0.4) is 0 Å². The Morgan fingerprint density at radius 2 is 1.62 bits per heavy atom. The largest absolute Gasteiger partial charge is 0.416 e. The minimum atomic E-state index is -4.73. The summed E-state index contributed by atoms with van der Waals surface area (Å²) in [5.74, 6) is -0.751. The highest BCUT2D eigenvalue weighted by molar-refractivity contribution is 14.1. The third-order valence-electron chi connectivity index (χ3n) is 4.29. The number of alkyl halides is 3. The molecule has 0 fully saturated rings. The van der Waals surface area contributed by atoms with E-state index < -0.39 is 39.9 Å². The summed E-state index contributed by atoms with van der Waals surface area (Å²) in [6, 6.07) is 16.1. The topological polar surface area (TPSA) is 66.5 Å². The van der Waals surface area contributed by atoms with E-state index in [9.17, 15) is 26.4 Å². The van der Waals surface area contributed by atoms with Crippen LogP contribution in [0.1, 0.15) is 5.56 Å². The molecule has 0 heterocycles. The summed E-state index contributed by atoms with van der Waals surface area (Å²) in [4.78, 5) is 12.5. The number of hydrogen-bond acceptors (Lipinski definition) is 3. The zero-order valence-electron chi connectivity index (χ0n) is 16.1. The number of hydrogen-bond donors (Lipinski definition) is 1. The average molecular weight is 595 g/mol. The number of carbonyl (C=O) groups excluding carboxylic acids is 1. The number of amides is 1. The van der Waals surface area contributed by atoms with Crippen molar-refractivity contribution in [2.24, 2.45) is 0 Å². The molecule has 32 heavy (non-hydrogen) atoms. The van der Waals surface area contributed by atoms with Gasteiger partial charge in [-0.2, -0.15) is 13.2 Å². The van der Waals surface area contributed by atoms with Crippen molar-refractivity contribution >= 4 is 61.5 Å². The molecule has 0 aliphatic rings. The summed E-state index contributed by atoms with van der Waals surface area (Å²) in [6.45, 7) is -0.787. The molecule has 3 rings (SSSR count). The van der Waals surface area contributed by atoms with Crippen LogP contribution in [0.15, 0.2) is 77.7 Å². The molecule has 0 unspecified atom stereocenters. The lowest BCUT2D eigenvalue weighted by atomic mass is 10.2. The summed E-state index contributed by atoms with van der Waals surface area (Å²) in [5, 5.41) is 2.29. The van der Waals surface area contributed by atoms with Crippen LogP contribution in [0.4, 0.5) is 24.5 Å². The van der Waals surface area contributed by atoms with E-state index in [1.165, 1.54) is 24.3 Å². The van der Waals surface area contributed by atoms with Crippen LogP contribution in [0.2, 0.25) is 5.02 Å². The molecular weight excluding hydrogens is 580 g/mol. The van der Waals surface area contributed by atoms with Gasteiger partial charge >= 0.3 is 6.18 Å². The Balaban J connectivity index is 2.04.